The van der Waals surface area contributed by atoms with Crippen molar-refractivity contribution in [3.8, 4) is 0 Å². The van der Waals surface area contributed by atoms with Crippen molar-refractivity contribution in [1.82, 2.24) is 9.55 Å². The molecule has 0 unspecified atom stereocenters. The molecule has 0 atom stereocenters. The Hall–Kier alpha value is -2.85. The van der Waals surface area contributed by atoms with Crippen molar-refractivity contribution in [2.24, 2.45) is 0 Å². The number of nitrogens with zero attached hydrogens (tertiary/aromatic N) is 2. The average molecular weight is 439 g/mol. The van der Waals surface area contributed by atoms with Crippen LogP contribution in [0.25, 0.3) is 0 Å². The molecule has 1 heterocycles. The third-order valence-corrected chi connectivity index (χ3v) is 5.05. The topological polar surface area (TPSA) is 67.1 Å². The number of alkyl halides is 3. The number of para-hydroxylation sites is 1. The summed E-state index contributed by atoms with van der Waals surface area (Å²) in [5.41, 5.74) is -0.0869. The monoisotopic (exact) mass is 439 g/mol. The maximum absolute atomic E-state index is 13.1. The first-order chi connectivity index (χ1) is 14.3. The summed E-state index contributed by atoms with van der Waals surface area (Å²) in [5, 5.41) is 12.0. The normalized spacial score (nSPS) is 11.5. The number of benzene rings is 2. The molecule has 3 aromatic rings. The second kappa shape index (κ2) is 9.31. The molecule has 0 radical (unpaired) electrons. The lowest BCUT2D eigenvalue weighted by molar-refractivity contribution is -0.137. The van der Waals surface area contributed by atoms with Gasteiger partial charge in [-0.3, -0.25) is 4.79 Å². The zero-order chi connectivity index (χ0) is 21.7. The highest BCUT2D eigenvalue weighted by atomic mass is 32.2. The Bertz CT molecular complexity index is 1020. The van der Waals surface area contributed by atoms with Crippen LogP contribution in [-0.4, -0.2) is 26.3 Å². The number of hydrogen-bond donors (Lipinski definition) is 2. The molecule has 3 rings (SSSR count). The predicted molar refractivity (Wildman–Crippen MR) is 104 cm³/mol. The molecular weight excluding hydrogens is 422 g/mol. The number of halogens is 4. The van der Waals surface area contributed by atoms with E-state index in [1.54, 1.807) is 22.9 Å². The van der Waals surface area contributed by atoms with E-state index in [1.165, 1.54) is 30.3 Å². The van der Waals surface area contributed by atoms with Gasteiger partial charge in [-0.25, -0.2) is 9.37 Å². The summed E-state index contributed by atoms with van der Waals surface area (Å²) in [6.07, 6.45) is -2.99. The van der Waals surface area contributed by atoms with Crippen LogP contribution < -0.4 is 5.32 Å². The van der Waals surface area contributed by atoms with E-state index in [2.05, 4.69) is 10.3 Å². The van der Waals surface area contributed by atoms with E-state index in [0.717, 1.165) is 23.4 Å². The number of hydrogen-bond acceptors (Lipinski definition) is 4. The summed E-state index contributed by atoms with van der Waals surface area (Å²) >= 11 is 1.02. The summed E-state index contributed by atoms with van der Waals surface area (Å²) in [6, 6.07) is 10.6. The third kappa shape index (κ3) is 5.61. The Morgan fingerprint density at radius 3 is 2.50 bits per heavy atom. The molecule has 2 N–H and O–H groups in total. The fourth-order valence-electron chi connectivity index (χ4n) is 2.70. The minimum absolute atomic E-state index is 0.183. The Kier molecular flexibility index (Phi) is 6.78. The first kappa shape index (κ1) is 21.8. The van der Waals surface area contributed by atoms with Crippen molar-refractivity contribution >= 4 is 23.4 Å². The lowest BCUT2D eigenvalue weighted by Crippen LogP contribution is -2.18. The number of thioether (sulfide) groups is 1. The molecule has 0 fully saturated rings. The van der Waals surface area contributed by atoms with Crippen LogP contribution in [-0.2, 0) is 24.1 Å². The highest BCUT2D eigenvalue weighted by Crippen LogP contribution is 2.34. The molecule has 158 valence electrons. The number of nitrogens with one attached hydrogen (secondary N) is 1. The van der Waals surface area contributed by atoms with Gasteiger partial charge in [-0.2, -0.15) is 13.2 Å². The van der Waals surface area contributed by atoms with Crippen LogP contribution in [0.2, 0.25) is 0 Å². The van der Waals surface area contributed by atoms with E-state index in [4.69, 9.17) is 0 Å². The minimum Gasteiger partial charge on any atom is -0.390 e. The number of carbonyl (C=O) groups is 1. The van der Waals surface area contributed by atoms with E-state index in [0.29, 0.717) is 17.4 Å². The van der Waals surface area contributed by atoms with Gasteiger partial charge in [0.1, 0.15) is 5.82 Å². The fraction of sp³-hybridized carbons (Fsp3) is 0.200. The molecule has 0 saturated heterocycles. The molecule has 0 aliphatic heterocycles. The highest BCUT2D eigenvalue weighted by molar-refractivity contribution is 7.99. The van der Waals surface area contributed by atoms with Crippen molar-refractivity contribution in [1.29, 1.82) is 0 Å². The SMILES string of the molecule is O=C(CSc1nc(CO)cn1Cc1ccc(F)cc1)Nc1ccccc1C(F)(F)F. The van der Waals surface area contributed by atoms with E-state index in [1.807, 2.05) is 0 Å². The molecule has 5 nitrogen and oxygen atoms in total. The van der Waals surface area contributed by atoms with Crippen LogP contribution in [0.15, 0.2) is 59.9 Å². The largest absolute Gasteiger partial charge is 0.418 e. The van der Waals surface area contributed by atoms with Gasteiger partial charge < -0.3 is 15.0 Å². The quantitative estimate of drug-likeness (QED) is 0.425. The van der Waals surface area contributed by atoms with E-state index >= 15 is 0 Å². The van der Waals surface area contributed by atoms with E-state index in [9.17, 15) is 27.5 Å². The Morgan fingerprint density at radius 2 is 1.83 bits per heavy atom. The third-order valence-electron chi connectivity index (χ3n) is 4.06. The number of aliphatic hydroxyl groups is 1. The molecule has 0 spiro atoms. The lowest BCUT2D eigenvalue weighted by Gasteiger charge is -2.13. The first-order valence-corrected chi connectivity index (χ1v) is 9.75. The summed E-state index contributed by atoms with van der Waals surface area (Å²) in [4.78, 5) is 16.4. The minimum atomic E-state index is -4.58. The Morgan fingerprint density at radius 1 is 1.13 bits per heavy atom. The molecule has 30 heavy (non-hydrogen) atoms. The van der Waals surface area contributed by atoms with Crippen LogP contribution in [0.1, 0.15) is 16.8 Å². The zero-order valence-electron chi connectivity index (χ0n) is 15.5. The number of aliphatic hydroxyl groups excluding tert-OH is 1. The van der Waals surface area contributed by atoms with Crippen molar-refractivity contribution < 1.29 is 27.5 Å². The molecule has 2 aromatic carbocycles. The standard InChI is InChI=1S/C20H17F4N3O2S/c21-14-7-5-13(6-8-14)9-27-10-15(11-28)25-19(27)30-12-18(29)26-17-4-2-1-3-16(17)20(22,23)24/h1-8,10,28H,9,11-12H2,(H,26,29). The van der Waals surface area contributed by atoms with Crippen molar-refractivity contribution in [2.45, 2.75) is 24.5 Å². The van der Waals surface area contributed by atoms with Gasteiger partial charge in [-0.15, -0.1) is 0 Å². The number of amides is 1. The molecule has 1 aromatic heterocycles. The average Bonchev–Trinajstić information content (AvgIpc) is 3.09. The highest BCUT2D eigenvalue weighted by Gasteiger charge is 2.33. The summed E-state index contributed by atoms with van der Waals surface area (Å²) in [7, 11) is 0. The number of carbonyl (C=O) groups excluding carboxylic acids is 1. The van der Waals surface area contributed by atoms with Crippen LogP contribution in [0.4, 0.5) is 23.2 Å². The summed E-state index contributed by atoms with van der Waals surface area (Å²) in [6.45, 7) is 0.0171. The van der Waals surface area contributed by atoms with Crippen LogP contribution in [0.5, 0.6) is 0 Å². The van der Waals surface area contributed by atoms with Gasteiger partial charge in [-0.05, 0) is 29.8 Å². The van der Waals surface area contributed by atoms with Crippen LogP contribution >= 0.6 is 11.8 Å². The molecule has 1 amide bonds. The molecule has 0 aliphatic carbocycles. The lowest BCUT2D eigenvalue weighted by atomic mass is 10.1. The van der Waals surface area contributed by atoms with Gasteiger partial charge in [0.05, 0.1) is 29.3 Å². The van der Waals surface area contributed by atoms with Crippen molar-refractivity contribution in [2.75, 3.05) is 11.1 Å². The summed E-state index contributed by atoms with van der Waals surface area (Å²) in [5.74, 6) is -1.18. The van der Waals surface area contributed by atoms with Crippen molar-refractivity contribution in [3.63, 3.8) is 0 Å². The number of anilines is 1. The number of imidazole rings is 1. The number of aromatic nitrogens is 2. The Balaban J connectivity index is 1.69. The maximum atomic E-state index is 13.1. The van der Waals surface area contributed by atoms with E-state index in [-0.39, 0.29) is 23.9 Å². The van der Waals surface area contributed by atoms with Crippen molar-refractivity contribution in [3.05, 3.63) is 77.4 Å². The van der Waals surface area contributed by atoms with E-state index < -0.39 is 17.6 Å². The molecule has 0 saturated carbocycles. The van der Waals surface area contributed by atoms with Gasteiger partial charge in [0.2, 0.25) is 5.91 Å². The summed E-state index contributed by atoms with van der Waals surface area (Å²) < 4.78 is 53.9. The van der Waals surface area contributed by atoms with Crippen LogP contribution in [0, 0.1) is 5.82 Å². The first-order valence-electron chi connectivity index (χ1n) is 8.76. The van der Waals surface area contributed by atoms with Gasteiger partial charge in [0.25, 0.3) is 0 Å². The van der Waals surface area contributed by atoms with Gasteiger partial charge >= 0.3 is 6.18 Å². The second-order valence-corrected chi connectivity index (χ2v) is 7.25. The zero-order valence-corrected chi connectivity index (χ0v) is 16.3. The second-order valence-electron chi connectivity index (χ2n) is 6.31. The molecule has 0 aliphatic rings. The predicted octanol–water partition coefficient (Wildman–Crippen LogP) is 4.31. The maximum Gasteiger partial charge on any atom is 0.418 e. The van der Waals surface area contributed by atoms with Crippen LogP contribution in [0.3, 0.4) is 0 Å². The van der Waals surface area contributed by atoms with Gasteiger partial charge in [0.15, 0.2) is 5.16 Å². The smallest absolute Gasteiger partial charge is 0.390 e. The molecule has 10 heteroatoms. The van der Waals surface area contributed by atoms with Gasteiger partial charge in [0, 0.05) is 12.7 Å². The number of rotatable bonds is 7. The Labute approximate surface area is 173 Å². The molecular formula is C20H17F4N3O2S. The van der Waals surface area contributed by atoms with Gasteiger partial charge in [-0.1, -0.05) is 36.0 Å². The molecule has 0 bridgehead atoms. The fourth-order valence-corrected chi connectivity index (χ4v) is 3.50.